The quantitative estimate of drug-likeness (QED) is 0.874. The summed E-state index contributed by atoms with van der Waals surface area (Å²) in [6.07, 6.45) is 5.55. The van der Waals surface area contributed by atoms with Crippen LogP contribution < -0.4 is 0 Å². The van der Waals surface area contributed by atoms with E-state index in [1.54, 1.807) is 6.33 Å². The number of benzene rings is 1. The van der Waals surface area contributed by atoms with Crippen molar-refractivity contribution in [3.8, 4) is 0 Å². The van der Waals surface area contributed by atoms with Gasteiger partial charge in [-0.05, 0) is 37.3 Å². The maximum Gasteiger partial charge on any atom is 0.163 e. The Morgan fingerprint density at radius 3 is 3.13 bits per heavy atom. The largest absolute Gasteiger partial charge is 0.368 e. The van der Waals surface area contributed by atoms with Crippen LogP contribution in [0.15, 0.2) is 30.6 Å². The number of aryl methyl sites for hydroxylation is 2. The van der Waals surface area contributed by atoms with Crippen molar-refractivity contribution in [1.29, 1.82) is 0 Å². The van der Waals surface area contributed by atoms with E-state index >= 15 is 0 Å². The molecule has 1 aliphatic heterocycles. The monoisotopic (exact) mass is 312 g/mol. The molecular weight excluding hydrogens is 288 g/mol. The van der Waals surface area contributed by atoms with Crippen LogP contribution in [0.25, 0.3) is 0 Å². The van der Waals surface area contributed by atoms with E-state index in [4.69, 9.17) is 4.74 Å². The van der Waals surface area contributed by atoms with Crippen molar-refractivity contribution in [2.75, 3.05) is 19.7 Å². The average molecular weight is 312 g/mol. The molecule has 0 radical (unpaired) electrons. The van der Waals surface area contributed by atoms with Crippen molar-refractivity contribution >= 4 is 0 Å². The summed E-state index contributed by atoms with van der Waals surface area (Å²) in [5, 5.41) is 8.35. The van der Waals surface area contributed by atoms with Gasteiger partial charge in [0.1, 0.15) is 12.4 Å². The summed E-state index contributed by atoms with van der Waals surface area (Å²) in [5.74, 6) is 0.960. The molecule has 122 valence electrons. The number of morpholine rings is 1. The summed E-state index contributed by atoms with van der Waals surface area (Å²) < 4.78 is 8.10. The Morgan fingerprint density at radius 1 is 1.30 bits per heavy atom. The summed E-state index contributed by atoms with van der Waals surface area (Å²) >= 11 is 0. The van der Waals surface area contributed by atoms with Crippen LogP contribution in [-0.4, -0.2) is 39.4 Å². The number of hydrogen-bond acceptors (Lipinski definition) is 4. The molecular formula is C18H24N4O. The van der Waals surface area contributed by atoms with Gasteiger partial charge in [-0.2, -0.15) is 0 Å². The summed E-state index contributed by atoms with van der Waals surface area (Å²) in [5.41, 5.74) is 3.03. The third kappa shape index (κ3) is 2.79. The summed E-state index contributed by atoms with van der Waals surface area (Å²) in [4.78, 5) is 2.58. The predicted octanol–water partition coefficient (Wildman–Crippen LogP) is 2.75. The maximum absolute atomic E-state index is 6.01. The zero-order valence-electron chi connectivity index (χ0n) is 13.7. The first-order valence-corrected chi connectivity index (χ1v) is 8.68. The maximum atomic E-state index is 6.01. The highest BCUT2D eigenvalue weighted by atomic mass is 16.5. The van der Waals surface area contributed by atoms with E-state index in [-0.39, 0.29) is 6.10 Å². The molecule has 0 bridgehead atoms. The molecule has 0 amide bonds. The fourth-order valence-electron chi connectivity index (χ4n) is 3.97. The first-order chi connectivity index (χ1) is 11.4. The van der Waals surface area contributed by atoms with Gasteiger partial charge in [-0.3, -0.25) is 4.90 Å². The van der Waals surface area contributed by atoms with E-state index in [9.17, 15) is 0 Å². The number of hydrogen-bond donors (Lipinski definition) is 0. The number of rotatable bonds is 3. The lowest BCUT2D eigenvalue weighted by Crippen LogP contribution is -2.42. The normalized spacial score (nSPS) is 25.3. The van der Waals surface area contributed by atoms with Gasteiger partial charge in [0.2, 0.25) is 0 Å². The van der Waals surface area contributed by atoms with Gasteiger partial charge in [-0.25, -0.2) is 0 Å². The van der Waals surface area contributed by atoms with E-state index in [0.29, 0.717) is 6.04 Å². The minimum atomic E-state index is 0.0280. The number of ether oxygens (including phenoxy) is 1. The Morgan fingerprint density at radius 2 is 2.22 bits per heavy atom. The molecule has 1 saturated heterocycles. The molecule has 0 N–H and O–H groups in total. The second-order valence-corrected chi connectivity index (χ2v) is 6.44. The Kier molecular flexibility index (Phi) is 4.14. The third-order valence-electron chi connectivity index (χ3n) is 5.15. The minimum absolute atomic E-state index is 0.0280. The fraction of sp³-hybridized carbons (Fsp3) is 0.556. The molecule has 2 aliphatic rings. The fourth-order valence-corrected chi connectivity index (χ4v) is 3.97. The van der Waals surface area contributed by atoms with Crippen LogP contribution in [0.1, 0.15) is 48.9 Å². The van der Waals surface area contributed by atoms with E-state index < -0.39 is 0 Å². The molecule has 2 heterocycles. The van der Waals surface area contributed by atoms with Crippen LogP contribution in [0.3, 0.4) is 0 Å². The first kappa shape index (κ1) is 14.8. The smallest absolute Gasteiger partial charge is 0.163 e. The van der Waals surface area contributed by atoms with E-state index in [1.165, 1.54) is 30.4 Å². The van der Waals surface area contributed by atoms with Crippen molar-refractivity contribution in [3.63, 3.8) is 0 Å². The summed E-state index contributed by atoms with van der Waals surface area (Å²) in [7, 11) is 0. The van der Waals surface area contributed by atoms with Gasteiger partial charge < -0.3 is 9.30 Å². The molecule has 1 aromatic heterocycles. The molecule has 5 heteroatoms. The molecule has 1 aliphatic carbocycles. The molecule has 1 aromatic carbocycles. The van der Waals surface area contributed by atoms with E-state index in [2.05, 4.69) is 50.9 Å². The van der Waals surface area contributed by atoms with Gasteiger partial charge in [-0.1, -0.05) is 24.3 Å². The summed E-state index contributed by atoms with van der Waals surface area (Å²) in [6, 6.07) is 9.44. The Bertz CT molecular complexity index is 669. The number of nitrogens with zero attached hydrogens (tertiary/aromatic N) is 4. The number of fused-ring (bicyclic) bond motifs is 1. The highest BCUT2D eigenvalue weighted by Crippen LogP contribution is 2.36. The van der Waals surface area contributed by atoms with Crippen LogP contribution in [0, 0.1) is 0 Å². The molecule has 0 saturated carbocycles. The molecule has 1 fully saturated rings. The minimum Gasteiger partial charge on any atom is -0.368 e. The topological polar surface area (TPSA) is 43.2 Å². The van der Waals surface area contributed by atoms with Gasteiger partial charge in [0.25, 0.3) is 0 Å². The van der Waals surface area contributed by atoms with E-state index in [1.807, 2.05) is 0 Å². The van der Waals surface area contributed by atoms with Gasteiger partial charge >= 0.3 is 0 Å². The zero-order valence-corrected chi connectivity index (χ0v) is 13.7. The lowest BCUT2D eigenvalue weighted by Gasteiger charge is -2.40. The molecule has 23 heavy (non-hydrogen) atoms. The molecule has 5 nitrogen and oxygen atoms in total. The van der Waals surface area contributed by atoms with Crippen LogP contribution in [-0.2, 0) is 17.7 Å². The number of aromatic nitrogens is 3. The highest BCUT2D eigenvalue weighted by Gasteiger charge is 2.32. The van der Waals surface area contributed by atoms with Crippen LogP contribution >= 0.6 is 0 Å². The first-order valence-electron chi connectivity index (χ1n) is 8.68. The Labute approximate surface area is 137 Å². The van der Waals surface area contributed by atoms with Gasteiger partial charge in [-0.15, -0.1) is 10.2 Å². The predicted molar refractivity (Wildman–Crippen MR) is 88.1 cm³/mol. The van der Waals surface area contributed by atoms with Crippen molar-refractivity contribution in [1.82, 2.24) is 19.7 Å². The summed E-state index contributed by atoms with van der Waals surface area (Å²) in [6.45, 7) is 5.66. The third-order valence-corrected chi connectivity index (χ3v) is 5.15. The lowest BCUT2D eigenvalue weighted by molar-refractivity contribution is -0.0532. The second kappa shape index (κ2) is 6.42. The zero-order chi connectivity index (χ0) is 15.6. The van der Waals surface area contributed by atoms with Crippen molar-refractivity contribution in [3.05, 3.63) is 47.5 Å². The molecule has 4 rings (SSSR count). The molecule has 2 unspecified atom stereocenters. The van der Waals surface area contributed by atoms with Crippen LogP contribution in [0.5, 0.6) is 0 Å². The lowest BCUT2D eigenvalue weighted by atomic mass is 9.86. The average Bonchev–Trinajstić information content (AvgIpc) is 3.10. The molecule has 0 spiro atoms. The SMILES string of the molecule is CCn1cnnc1C1CN(C2CCCc3ccccc32)CCO1. The van der Waals surface area contributed by atoms with Crippen LogP contribution in [0.2, 0.25) is 0 Å². The van der Waals surface area contributed by atoms with Crippen molar-refractivity contribution in [2.45, 2.75) is 44.9 Å². The van der Waals surface area contributed by atoms with Gasteiger partial charge in [0.05, 0.1) is 6.61 Å². The highest BCUT2D eigenvalue weighted by molar-refractivity contribution is 5.32. The van der Waals surface area contributed by atoms with Gasteiger partial charge in [0.15, 0.2) is 5.82 Å². The Balaban J connectivity index is 1.56. The van der Waals surface area contributed by atoms with Crippen LogP contribution in [0.4, 0.5) is 0 Å². The van der Waals surface area contributed by atoms with E-state index in [0.717, 1.165) is 32.1 Å². The van der Waals surface area contributed by atoms with Gasteiger partial charge in [0, 0.05) is 25.7 Å². The molecule has 2 aromatic rings. The Hall–Kier alpha value is -1.72. The standard InChI is InChI=1S/C18H24N4O/c1-2-21-13-19-20-18(21)17-12-22(10-11-23-17)16-9-5-7-14-6-3-4-8-15(14)16/h3-4,6,8,13,16-17H,2,5,7,9-12H2,1H3. The second-order valence-electron chi connectivity index (χ2n) is 6.44. The van der Waals surface area contributed by atoms with Crippen molar-refractivity contribution < 1.29 is 4.74 Å². The van der Waals surface area contributed by atoms with Crippen molar-refractivity contribution in [2.24, 2.45) is 0 Å². The molecule has 2 atom stereocenters.